The number of aromatic amines is 1. The molecule has 2 nitrogen and oxygen atoms in total. The first-order valence-electron chi connectivity index (χ1n) is 13.6. The topological polar surface area (TPSA) is 28.7 Å². The molecule has 0 aliphatic heterocycles. The van der Waals surface area contributed by atoms with Crippen LogP contribution in [-0.2, 0) is 0 Å². The van der Waals surface area contributed by atoms with Crippen molar-refractivity contribution >= 4 is 74.9 Å². The molecule has 3 aromatic heterocycles. The van der Waals surface area contributed by atoms with E-state index in [9.17, 15) is 0 Å². The Bertz CT molecular complexity index is 2430. The number of nitrogens with zero attached hydrogens (tertiary/aromatic N) is 1. The predicted octanol–water partition coefficient (Wildman–Crippen LogP) is 11.0. The fourth-order valence-corrected chi connectivity index (χ4v) is 7.50. The van der Waals surface area contributed by atoms with Crippen LogP contribution in [0.25, 0.3) is 85.9 Å². The number of pyridine rings is 1. The van der Waals surface area contributed by atoms with E-state index in [1.165, 1.54) is 63.6 Å². The molecule has 0 atom stereocenters. The number of hydrogen-bond donors (Lipinski definition) is 1. The van der Waals surface area contributed by atoms with Crippen LogP contribution in [0.5, 0.6) is 0 Å². The lowest BCUT2D eigenvalue weighted by molar-refractivity contribution is 1.33. The molecule has 9 aromatic rings. The van der Waals surface area contributed by atoms with Crippen LogP contribution >= 0.6 is 11.3 Å². The van der Waals surface area contributed by atoms with Gasteiger partial charge >= 0.3 is 0 Å². The molecule has 0 bridgehead atoms. The lowest BCUT2D eigenvalue weighted by atomic mass is 9.96. The fourth-order valence-electron chi connectivity index (χ4n) is 6.41. The maximum absolute atomic E-state index is 4.98. The normalized spacial score (nSPS) is 12.0. The number of H-pyrrole nitrogens is 1. The predicted molar refractivity (Wildman–Crippen MR) is 174 cm³/mol. The van der Waals surface area contributed by atoms with Crippen LogP contribution in [0.15, 0.2) is 128 Å². The summed E-state index contributed by atoms with van der Waals surface area (Å²) in [6.07, 6.45) is 2.01. The maximum atomic E-state index is 4.98. The van der Waals surface area contributed by atoms with Crippen LogP contribution in [0.4, 0.5) is 0 Å². The first-order valence-corrected chi connectivity index (χ1v) is 14.4. The van der Waals surface area contributed by atoms with Gasteiger partial charge in [0.2, 0.25) is 0 Å². The Labute approximate surface area is 235 Å². The van der Waals surface area contributed by atoms with E-state index in [0.717, 1.165) is 22.3 Å². The summed E-state index contributed by atoms with van der Waals surface area (Å²) in [4.78, 5) is 8.80. The Hall–Kier alpha value is -4.99. The summed E-state index contributed by atoms with van der Waals surface area (Å²) >= 11 is 1.85. The molecule has 0 amide bonds. The van der Waals surface area contributed by atoms with Gasteiger partial charge in [0.15, 0.2) is 0 Å². The molecule has 0 aliphatic rings. The van der Waals surface area contributed by atoms with Gasteiger partial charge in [-0.3, -0.25) is 4.98 Å². The average Bonchev–Trinajstić information content (AvgIpc) is 3.60. The largest absolute Gasteiger partial charge is 0.353 e. The van der Waals surface area contributed by atoms with Gasteiger partial charge in [0.05, 0.1) is 16.7 Å². The highest BCUT2D eigenvalue weighted by Gasteiger charge is 2.16. The third-order valence-corrected chi connectivity index (χ3v) is 9.42. The van der Waals surface area contributed by atoms with Gasteiger partial charge in [-0.05, 0) is 46.0 Å². The second-order valence-corrected chi connectivity index (χ2v) is 11.5. The molecule has 6 aromatic carbocycles. The summed E-state index contributed by atoms with van der Waals surface area (Å²) in [6.45, 7) is 0. The first-order chi connectivity index (χ1) is 19.8. The zero-order valence-corrected chi connectivity index (χ0v) is 22.3. The first kappa shape index (κ1) is 21.9. The highest BCUT2D eigenvalue weighted by Crippen LogP contribution is 2.41. The molecule has 0 fully saturated rings. The lowest BCUT2D eigenvalue weighted by Crippen LogP contribution is -1.86. The van der Waals surface area contributed by atoms with Crippen molar-refractivity contribution in [1.82, 2.24) is 9.97 Å². The van der Waals surface area contributed by atoms with Gasteiger partial charge in [0.25, 0.3) is 0 Å². The quantitative estimate of drug-likeness (QED) is 0.222. The van der Waals surface area contributed by atoms with Crippen molar-refractivity contribution in [3.63, 3.8) is 0 Å². The van der Waals surface area contributed by atoms with Gasteiger partial charge in [-0.15, -0.1) is 11.3 Å². The highest BCUT2D eigenvalue weighted by atomic mass is 32.1. The highest BCUT2D eigenvalue weighted by molar-refractivity contribution is 7.25. The van der Waals surface area contributed by atoms with Gasteiger partial charge in [-0.1, -0.05) is 97.1 Å². The zero-order valence-electron chi connectivity index (χ0n) is 21.5. The van der Waals surface area contributed by atoms with Crippen LogP contribution in [0.2, 0.25) is 0 Å². The van der Waals surface area contributed by atoms with Crippen molar-refractivity contribution < 1.29 is 1.43 Å². The molecule has 0 radical (unpaired) electrons. The summed E-state index contributed by atoms with van der Waals surface area (Å²) in [5.74, 6) is 0. The van der Waals surface area contributed by atoms with E-state index in [4.69, 9.17) is 4.98 Å². The third kappa shape index (κ3) is 3.07. The molecule has 40 heavy (non-hydrogen) atoms. The van der Waals surface area contributed by atoms with E-state index in [0.29, 0.717) is 0 Å². The van der Waals surface area contributed by atoms with Crippen molar-refractivity contribution in [2.75, 3.05) is 0 Å². The fraction of sp³-hybridized carbons (Fsp3) is 0. The average molecular weight is 529 g/mol. The zero-order chi connectivity index (χ0) is 26.2. The monoisotopic (exact) mass is 528 g/mol. The molecule has 3 heterocycles. The SMILES string of the molecule is [HH].c1ccc2c(c1)sc1ccc(-c3ccc(-c4cccc5c4[nH]c4c6ccccc6c6ccccc6c54)nc3)cc12. The molecule has 0 spiro atoms. The van der Waals surface area contributed by atoms with E-state index in [1.54, 1.807) is 0 Å². The van der Waals surface area contributed by atoms with E-state index in [2.05, 4.69) is 126 Å². The van der Waals surface area contributed by atoms with Gasteiger partial charge in [-0.25, -0.2) is 0 Å². The Balaban J connectivity index is 0.00000256. The second kappa shape index (κ2) is 8.25. The molecule has 9 rings (SSSR count). The number of aromatic nitrogens is 2. The van der Waals surface area contributed by atoms with Gasteiger partial charge in [-0.2, -0.15) is 0 Å². The molecule has 0 saturated carbocycles. The summed E-state index contributed by atoms with van der Waals surface area (Å²) < 4.78 is 2.65. The van der Waals surface area contributed by atoms with Crippen molar-refractivity contribution in [2.24, 2.45) is 0 Å². The van der Waals surface area contributed by atoms with Crippen LogP contribution in [0.3, 0.4) is 0 Å². The van der Waals surface area contributed by atoms with Gasteiger partial charge in [0.1, 0.15) is 0 Å². The van der Waals surface area contributed by atoms with E-state index < -0.39 is 0 Å². The number of para-hydroxylation sites is 1. The molecule has 1 N–H and O–H groups in total. The molecular formula is C37H24N2S. The minimum absolute atomic E-state index is 0. The minimum atomic E-state index is 0. The number of benzene rings is 6. The van der Waals surface area contributed by atoms with Crippen LogP contribution in [-0.4, -0.2) is 9.97 Å². The summed E-state index contributed by atoms with van der Waals surface area (Å²) in [6, 6.07) is 43.7. The lowest BCUT2D eigenvalue weighted by Gasteiger charge is -2.07. The summed E-state index contributed by atoms with van der Waals surface area (Å²) in [5.41, 5.74) is 6.72. The van der Waals surface area contributed by atoms with Gasteiger partial charge in [0, 0.05) is 55.1 Å². The van der Waals surface area contributed by atoms with Crippen molar-refractivity contribution in [2.45, 2.75) is 0 Å². The smallest absolute Gasteiger partial charge is 0.0723 e. The number of thiophene rings is 1. The van der Waals surface area contributed by atoms with Crippen LogP contribution < -0.4 is 0 Å². The molecule has 0 aliphatic carbocycles. The second-order valence-electron chi connectivity index (χ2n) is 10.4. The Morgan fingerprint density at radius 3 is 2.00 bits per heavy atom. The molecule has 0 saturated heterocycles. The van der Waals surface area contributed by atoms with E-state index in [1.807, 2.05) is 17.5 Å². The van der Waals surface area contributed by atoms with Gasteiger partial charge < -0.3 is 4.98 Å². The number of hydrogen-bond acceptors (Lipinski definition) is 2. The van der Waals surface area contributed by atoms with Crippen molar-refractivity contribution in [1.29, 1.82) is 0 Å². The molecule has 3 heteroatoms. The number of nitrogens with one attached hydrogen (secondary N) is 1. The number of fused-ring (bicyclic) bond motifs is 11. The Morgan fingerprint density at radius 2 is 1.18 bits per heavy atom. The summed E-state index contributed by atoms with van der Waals surface area (Å²) in [5, 5.41) is 10.2. The third-order valence-electron chi connectivity index (χ3n) is 8.27. The summed E-state index contributed by atoms with van der Waals surface area (Å²) in [7, 11) is 0. The minimum Gasteiger partial charge on any atom is -0.353 e. The number of rotatable bonds is 2. The van der Waals surface area contributed by atoms with Crippen molar-refractivity contribution in [3.05, 3.63) is 128 Å². The maximum Gasteiger partial charge on any atom is 0.0723 e. The van der Waals surface area contributed by atoms with Crippen LogP contribution in [0.1, 0.15) is 1.43 Å². The molecule has 0 unspecified atom stereocenters. The van der Waals surface area contributed by atoms with E-state index >= 15 is 0 Å². The Kier molecular flexibility index (Phi) is 4.52. The molecular weight excluding hydrogens is 504 g/mol. The van der Waals surface area contributed by atoms with E-state index in [-0.39, 0.29) is 1.43 Å². The van der Waals surface area contributed by atoms with Crippen molar-refractivity contribution in [3.8, 4) is 22.4 Å². The molecule has 188 valence electrons. The van der Waals surface area contributed by atoms with Crippen LogP contribution in [0, 0.1) is 0 Å². The Morgan fingerprint density at radius 1 is 0.500 bits per heavy atom. The standard InChI is InChI=1S/C37H22N2S.H2/c1-3-11-27-24(8-1)25-9-2-4-12-28(25)37-35(27)30-14-7-13-29(36(30)39-37)32-18-16-23(21-38-32)22-17-19-34-31(20-22)26-10-5-6-15-33(26)40-34;/h1-21,39H;1H.